The molecule has 3 rings (SSSR count). The van der Waals surface area contributed by atoms with Crippen molar-refractivity contribution in [3.63, 3.8) is 0 Å². The third-order valence-electron chi connectivity index (χ3n) is 3.95. The highest BCUT2D eigenvalue weighted by Gasteiger charge is 2.17. The monoisotopic (exact) mass is 280 g/mol. The minimum absolute atomic E-state index is 0.0237. The first kappa shape index (κ1) is 13.8. The summed E-state index contributed by atoms with van der Waals surface area (Å²) < 4.78 is 0. The van der Waals surface area contributed by atoms with Gasteiger partial charge in [-0.25, -0.2) is 5.43 Å². The van der Waals surface area contributed by atoms with E-state index in [1.165, 1.54) is 34.7 Å². The second-order valence-corrected chi connectivity index (χ2v) is 5.44. The van der Waals surface area contributed by atoms with Crippen LogP contribution < -0.4 is 10.9 Å². The lowest BCUT2D eigenvalue weighted by atomic mass is 9.94. The molecule has 1 fully saturated rings. The smallest absolute Gasteiger partial charge is 0.262 e. The van der Waals surface area contributed by atoms with Crippen LogP contribution in [0.2, 0.25) is 0 Å². The summed E-state index contributed by atoms with van der Waals surface area (Å²) in [5.74, 6) is -0.0237. The number of carbonyl (C=O) groups is 1. The maximum Gasteiger partial charge on any atom is 0.262 e. The van der Waals surface area contributed by atoms with Crippen molar-refractivity contribution in [3.05, 3.63) is 53.1 Å². The Labute approximate surface area is 125 Å². The van der Waals surface area contributed by atoms with Crippen molar-refractivity contribution in [2.24, 2.45) is 0 Å². The fraction of sp³-hybridized carbons (Fsp3) is 0.278. The van der Waals surface area contributed by atoms with Gasteiger partial charge in [0.25, 0.3) is 5.91 Å². The van der Waals surface area contributed by atoms with Crippen LogP contribution in [0.15, 0.2) is 42.0 Å². The van der Waals surface area contributed by atoms with E-state index in [0.29, 0.717) is 6.54 Å². The molecule has 1 heterocycles. The van der Waals surface area contributed by atoms with Crippen LogP contribution in [0.25, 0.3) is 16.8 Å². The van der Waals surface area contributed by atoms with Crippen LogP contribution in [-0.2, 0) is 11.2 Å². The second-order valence-electron chi connectivity index (χ2n) is 5.44. The summed E-state index contributed by atoms with van der Waals surface area (Å²) in [5.41, 5.74) is 8.84. The molecule has 0 bridgehead atoms. The minimum atomic E-state index is -0.0237. The molecular formula is C18H20N2O. The Kier molecular flexibility index (Phi) is 4.02. The average Bonchev–Trinajstić information content (AvgIpc) is 2.91. The zero-order valence-electron chi connectivity index (χ0n) is 12.3. The standard InChI is InChI=1S/C18H20N2O/c1-2-3-6-14-10-9-13-7-4-5-8-16(13)17(14)11-15-12-19-20-18(15)21/h4-5,7-11,19H,2-3,6,12H2,1H3,(H,20,21)/b15-11+. The predicted molar refractivity (Wildman–Crippen MR) is 86.7 cm³/mol. The maximum atomic E-state index is 11.8. The normalized spacial score (nSPS) is 16.6. The highest BCUT2D eigenvalue weighted by Crippen LogP contribution is 2.26. The summed E-state index contributed by atoms with van der Waals surface area (Å²) in [5, 5.41) is 2.44. The van der Waals surface area contributed by atoms with Crippen molar-refractivity contribution in [2.75, 3.05) is 6.54 Å². The molecule has 0 radical (unpaired) electrons. The lowest BCUT2D eigenvalue weighted by molar-refractivity contribution is -0.116. The number of hydrazine groups is 1. The number of hydrogen-bond donors (Lipinski definition) is 2. The van der Waals surface area contributed by atoms with E-state index in [1.54, 1.807) is 0 Å². The molecule has 0 spiro atoms. The number of unbranched alkanes of at least 4 members (excludes halogenated alkanes) is 1. The maximum absolute atomic E-state index is 11.8. The summed E-state index contributed by atoms with van der Waals surface area (Å²) in [6.45, 7) is 2.78. The Morgan fingerprint density at radius 2 is 2.05 bits per heavy atom. The molecule has 0 aliphatic carbocycles. The molecular weight excluding hydrogens is 260 g/mol. The zero-order valence-corrected chi connectivity index (χ0v) is 12.3. The van der Waals surface area contributed by atoms with Crippen molar-refractivity contribution >= 4 is 22.8 Å². The van der Waals surface area contributed by atoms with Gasteiger partial charge in [0, 0.05) is 12.1 Å². The van der Waals surface area contributed by atoms with Crippen molar-refractivity contribution in [3.8, 4) is 0 Å². The van der Waals surface area contributed by atoms with Gasteiger partial charge in [0.2, 0.25) is 0 Å². The molecule has 0 unspecified atom stereocenters. The number of carbonyl (C=O) groups excluding carboxylic acids is 1. The molecule has 108 valence electrons. The molecule has 21 heavy (non-hydrogen) atoms. The molecule has 1 amide bonds. The van der Waals surface area contributed by atoms with Gasteiger partial charge in [-0.1, -0.05) is 49.7 Å². The molecule has 3 heteroatoms. The SMILES string of the molecule is CCCCc1ccc2ccccc2c1/C=C1\CNNC1=O. The van der Waals surface area contributed by atoms with Crippen molar-refractivity contribution in [2.45, 2.75) is 26.2 Å². The van der Waals surface area contributed by atoms with Gasteiger partial charge in [-0.15, -0.1) is 0 Å². The van der Waals surface area contributed by atoms with Crippen LogP contribution in [0.3, 0.4) is 0 Å². The number of benzene rings is 2. The second kappa shape index (κ2) is 6.10. The molecule has 1 saturated heterocycles. The van der Waals surface area contributed by atoms with Crippen LogP contribution in [0.1, 0.15) is 30.9 Å². The minimum Gasteiger partial charge on any atom is -0.287 e. The summed E-state index contributed by atoms with van der Waals surface area (Å²) in [6, 6.07) is 12.7. The van der Waals surface area contributed by atoms with Gasteiger partial charge >= 0.3 is 0 Å². The van der Waals surface area contributed by atoms with E-state index in [9.17, 15) is 4.79 Å². The van der Waals surface area contributed by atoms with Crippen LogP contribution in [0.5, 0.6) is 0 Å². The predicted octanol–water partition coefficient (Wildman–Crippen LogP) is 3.20. The molecule has 1 aliphatic rings. The molecule has 2 aromatic carbocycles. The van der Waals surface area contributed by atoms with E-state index in [1.807, 2.05) is 6.08 Å². The number of nitrogens with one attached hydrogen (secondary N) is 2. The summed E-state index contributed by atoms with van der Waals surface area (Å²) in [4.78, 5) is 11.8. The lowest BCUT2D eigenvalue weighted by Crippen LogP contribution is -2.25. The molecule has 0 saturated carbocycles. The quantitative estimate of drug-likeness (QED) is 0.844. The van der Waals surface area contributed by atoms with Gasteiger partial charge in [0.1, 0.15) is 0 Å². The molecule has 3 nitrogen and oxygen atoms in total. The molecule has 2 N–H and O–H groups in total. The number of aryl methyl sites for hydroxylation is 1. The van der Waals surface area contributed by atoms with Gasteiger partial charge in [-0.05, 0) is 40.8 Å². The van der Waals surface area contributed by atoms with E-state index >= 15 is 0 Å². The number of amides is 1. The van der Waals surface area contributed by atoms with E-state index in [0.717, 1.165) is 12.0 Å². The Hall–Kier alpha value is -2.13. The van der Waals surface area contributed by atoms with Crippen molar-refractivity contribution in [1.82, 2.24) is 10.9 Å². The average molecular weight is 280 g/mol. The highest BCUT2D eigenvalue weighted by atomic mass is 16.2. The van der Waals surface area contributed by atoms with Gasteiger partial charge in [0.05, 0.1) is 0 Å². The van der Waals surface area contributed by atoms with E-state index in [-0.39, 0.29) is 5.91 Å². The number of rotatable bonds is 4. The van der Waals surface area contributed by atoms with Gasteiger partial charge < -0.3 is 0 Å². The first-order valence-corrected chi connectivity index (χ1v) is 7.54. The van der Waals surface area contributed by atoms with E-state index in [4.69, 9.17) is 0 Å². The molecule has 0 atom stereocenters. The van der Waals surface area contributed by atoms with Crippen LogP contribution in [-0.4, -0.2) is 12.5 Å². The molecule has 0 aromatic heterocycles. The summed E-state index contributed by atoms with van der Waals surface area (Å²) in [6.07, 6.45) is 5.43. The Morgan fingerprint density at radius 3 is 2.81 bits per heavy atom. The van der Waals surface area contributed by atoms with E-state index in [2.05, 4.69) is 54.2 Å². The Morgan fingerprint density at radius 1 is 1.19 bits per heavy atom. The Bertz CT molecular complexity index is 703. The Balaban J connectivity index is 2.13. The fourth-order valence-electron chi connectivity index (χ4n) is 2.77. The summed E-state index contributed by atoms with van der Waals surface area (Å²) in [7, 11) is 0. The van der Waals surface area contributed by atoms with Gasteiger partial charge in [0.15, 0.2) is 0 Å². The van der Waals surface area contributed by atoms with Crippen LogP contribution in [0, 0.1) is 0 Å². The zero-order chi connectivity index (χ0) is 14.7. The first-order chi connectivity index (χ1) is 10.3. The third-order valence-corrected chi connectivity index (χ3v) is 3.95. The first-order valence-electron chi connectivity index (χ1n) is 7.54. The van der Waals surface area contributed by atoms with E-state index < -0.39 is 0 Å². The summed E-state index contributed by atoms with van der Waals surface area (Å²) >= 11 is 0. The van der Waals surface area contributed by atoms with Gasteiger partial charge in [-0.2, -0.15) is 0 Å². The number of fused-ring (bicyclic) bond motifs is 1. The number of hydrogen-bond acceptors (Lipinski definition) is 2. The highest BCUT2D eigenvalue weighted by molar-refractivity contribution is 6.03. The van der Waals surface area contributed by atoms with Gasteiger partial charge in [-0.3, -0.25) is 10.2 Å². The topological polar surface area (TPSA) is 41.1 Å². The van der Waals surface area contributed by atoms with Crippen LogP contribution >= 0.6 is 0 Å². The fourth-order valence-corrected chi connectivity index (χ4v) is 2.77. The van der Waals surface area contributed by atoms with Crippen LogP contribution in [0.4, 0.5) is 0 Å². The lowest BCUT2D eigenvalue weighted by Gasteiger charge is -2.10. The molecule has 1 aliphatic heterocycles. The largest absolute Gasteiger partial charge is 0.287 e. The molecule has 2 aromatic rings. The van der Waals surface area contributed by atoms with Crippen molar-refractivity contribution in [1.29, 1.82) is 0 Å². The van der Waals surface area contributed by atoms with Crippen molar-refractivity contribution < 1.29 is 4.79 Å². The third kappa shape index (κ3) is 2.83.